The maximum Gasteiger partial charge on any atom is 0.221 e. The summed E-state index contributed by atoms with van der Waals surface area (Å²) >= 11 is 0. The van der Waals surface area contributed by atoms with Crippen molar-refractivity contribution in [2.75, 3.05) is 13.6 Å². The van der Waals surface area contributed by atoms with Crippen LogP contribution in [0.5, 0.6) is 0 Å². The van der Waals surface area contributed by atoms with E-state index in [-0.39, 0.29) is 17.2 Å². The lowest BCUT2D eigenvalue weighted by Crippen LogP contribution is -2.31. The zero-order valence-electron chi connectivity index (χ0n) is 9.44. The van der Waals surface area contributed by atoms with Crippen molar-refractivity contribution >= 4 is 11.8 Å². The van der Waals surface area contributed by atoms with Crippen molar-refractivity contribution in [3.8, 4) is 0 Å². The molecule has 0 aromatic heterocycles. The van der Waals surface area contributed by atoms with Gasteiger partial charge < -0.3 is 10.6 Å². The van der Waals surface area contributed by atoms with Gasteiger partial charge in [0, 0.05) is 26.4 Å². The van der Waals surface area contributed by atoms with Crippen LogP contribution < -0.4 is 10.6 Å². The molecule has 0 saturated heterocycles. The Hall–Kier alpha value is -1.06. The Labute approximate surface area is 85.4 Å². The van der Waals surface area contributed by atoms with Gasteiger partial charge in [0.15, 0.2) is 0 Å². The van der Waals surface area contributed by atoms with Gasteiger partial charge in [-0.15, -0.1) is 0 Å². The number of carbonyl (C=O) groups is 2. The van der Waals surface area contributed by atoms with E-state index in [0.29, 0.717) is 19.4 Å². The van der Waals surface area contributed by atoms with E-state index >= 15 is 0 Å². The van der Waals surface area contributed by atoms with Gasteiger partial charge in [0.05, 0.1) is 0 Å². The van der Waals surface area contributed by atoms with E-state index in [2.05, 4.69) is 10.6 Å². The highest BCUT2D eigenvalue weighted by atomic mass is 16.2. The molecule has 0 aliphatic carbocycles. The monoisotopic (exact) mass is 200 g/mol. The van der Waals surface area contributed by atoms with Crippen molar-refractivity contribution < 1.29 is 9.59 Å². The summed E-state index contributed by atoms with van der Waals surface area (Å²) in [5.74, 6) is -0.0533. The topological polar surface area (TPSA) is 58.2 Å². The first-order valence-corrected chi connectivity index (χ1v) is 4.82. The highest BCUT2D eigenvalue weighted by molar-refractivity contribution is 5.79. The minimum atomic E-state index is -0.0546. The molecule has 0 heterocycles. The molecule has 14 heavy (non-hydrogen) atoms. The second-order valence-corrected chi connectivity index (χ2v) is 4.51. The maximum absolute atomic E-state index is 11.3. The first-order chi connectivity index (χ1) is 6.35. The van der Waals surface area contributed by atoms with Gasteiger partial charge in [-0.05, 0) is 5.41 Å². The van der Waals surface area contributed by atoms with Crippen LogP contribution in [0.2, 0.25) is 0 Å². The zero-order chi connectivity index (χ0) is 11.2. The molecule has 0 spiro atoms. The van der Waals surface area contributed by atoms with Gasteiger partial charge >= 0.3 is 0 Å². The molecular formula is C10H20N2O2. The van der Waals surface area contributed by atoms with Crippen molar-refractivity contribution in [3.05, 3.63) is 0 Å². The van der Waals surface area contributed by atoms with Crippen LogP contribution in [-0.2, 0) is 9.59 Å². The average Bonchev–Trinajstić information content (AvgIpc) is 2.00. The molecule has 0 fully saturated rings. The quantitative estimate of drug-likeness (QED) is 0.701. The first kappa shape index (κ1) is 12.9. The van der Waals surface area contributed by atoms with Crippen molar-refractivity contribution in [3.63, 3.8) is 0 Å². The molecule has 0 saturated carbocycles. The molecule has 0 aliphatic rings. The summed E-state index contributed by atoms with van der Waals surface area (Å²) in [6.07, 6.45) is 0.827. The molecule has 0 aliphatic heterocycles. The van der Waals surface area contributed by atoms with E-state index in [9.17, 15) is 9.59 Å². The number of rotatable bonds is 4. The fraction of sp³-hybridized carbons (Fsp3) is 0.800. The summed E-state index contributed by atoms with van der Waals surface area (Å²) in [5.41, 5.74) is -0.00288. The van der Waals surface area contributed by atoms with Crippen LogP contribution in [0.4, 0.5) is 0 Å². The molecule has 4 nitrogen and oxygen atoms in total. The maximum atomic E-state index is 11.3. The van der Waals surface area contributed by atoms with Crippen LogP contribution in [0.15, 0.2) is 0 Å². The molecule has 82 valence electrons. The van der Waals surface area contributed by atoms with Crippen LogP contribution in [0.1, 0.15) is 33.6 Å². The molecule has 0 aromatic carbocycles. The minimum absolute atomic E-state index is 0.00130. The number of amides is 2. The molecule has 0 bridgehead atoms. The van der Waals surface area contributed by atoms with E-state index in [1.165, 1.54) is 0 Å². The van der Waals surface area contributed by atoms with Crippen molar-refractivity contribution in [1.82, 2.24) is 10.6 Å². The van der Waals surface area contributed by atoms with Gasteiger partial charge in [-0.25, -0.2) is 0 Å². The molecule has 2 amide bonds. The summed E-state index contributed by atoms with van der Waals surface area (Å²) in [7, 11) is 1.58. The van der Waals surface area contributed by atoms with Crippen molar-refractivity contribution in [1.29, 1.82) is 0 Å². The standard InChI is InChI=1S/C10H20N2O2/c1-10(2,3)7-9(14)12-6-5-8(13)11-4/h5-7H2,1-4H3,(H,11,13)(H,12,14). The third kappa shape index (κ3) is 7.58. The second kappa shape index (κ2) is 5.62. The average molecular weight is 200 g/mol. The largest absolute Gasteiger partial charge is 0.359 e. The van der Waals surface area contributed by atoms with Gasteiger partial charge in [0.2, 0.25) is 11.8 Å². The normalized spacial score (nSPS) is 10.9. The van der Waals surface area contributed by atoms with Crippen LogP contribution >= 0.6 is 0 Å². The molecule has 0 aromatic rings. The minimum Gasteiger partial charge on any atom is -0.359 e. The smallest absolute Gasteiger partial charge is 0.221 e. The molecule has 2 N–H and O–H groups in total. The third-order valence-corrected chi connectivity index (χ3v) is 1.64. The lowest BCUT2D eigenvalue weighted by molar-refractivity contribution is -0.123. The Kier molecular flexibility index (Phi) is 5.20. The lowest BCUT2D eigenvalue weighted by atomic mass is 9.92. The van der Waals surface area contributed by atoms with E-state index in [4.69, 9.17) is 0 Å². The molecular weight excluding hydrogens is 180 g/mol. The van der Waals surface area contributed by atoms with Crippen molar-refractivity contribution in [2.45, 2.75) is 33.6 Å². The fourth-order valence-electron chi connectivity index (χ4n) is 0.985. The van der Waals surface area contributed by atoms with Crippen LogP contribution in [-0.4, -0.2) is 25.4 Å². The second-order valence-electron chi connectivity index (χ2n) is 4.51. The highest BCUT2D eigenvalue weighted by Crippen LogP contribution is 2.17. The molecule has 0 rings (SSSR count). The third-order valence-electron chi connectivity index (χ3n) is 1.64. The number of carbonyl (C=O) groups excluding carboxylic acids is 2. The summed E-state index contributed by atoms with van der Waals surface area (Å²) < 4.78 is 0. The highest BCUT2D eigenvalue weighted by Gasteiger charge is 2.15. The molecule has 4 heteroatoms. The lowest BCUT2D eigenvalue weighted by Gasteiger charge is -2.17. The number of nitrogens with one attached hydrogen (secondary N) is 2. The Morgan fingerprint density at radius 3 is 2.14 bits per heavy atom. The van der Waals surface area contributed by atoms with Gasteiger partial charge in [-0.1, -0.05) is 20.8 Å². The molecule has 0 atom stereocenters. The number of hydrogen-bond donors (Lipinski definition) is 2. The van der Waals surface area contributed by atoms with E-state index in [1.54, 1.807) is 7.05 Å². The van der Waals surface area contributed by atoms with E-state index in [1.807, 2.05) is 20.8 Å². The first-order valence-electron chi connectivity index (χ1n) is 4.82. The summed E-state index contributed by atoms with van der Waals surface area (Å²) in [6, 6.07) is 0. The Morgan fingerprint density at radius 1 is 1.14 bits per heavy atom. The molecule has 0 unspecified atom stereocenters. The Balaban J connectivity index is 3.60. The van der Waals surface area contributed by atoms with Gasteiger partial charge in [-0.2, -0.15) is 0 Å². The predicted octanol–water partition coefficient (Wildman–Crippen LogP) is 0.675. The summed E-state index contributed by atoms with van der Waals surface area (Å²) in [4.78, 5) is 22.1. The van der Waals surface area contributed by atoms with E-state index in [0.717, 1.165) is 0 Å². The van der Waals surface area contributed by atoms with Crippen molar-refractivity contribution in [2.24, 2.45) is 5.41 Å². The Morgan fingerprint density at radius 2 is 1.71 bits per heavy atom. The van der Waals surface area contributed by atoms with Gasteiger partial charge in [0.1, 0.15) is 0 Å². The van der Waals surface area contributed by atoms with Gasteiger partial charge in [0.25, 0.3) is 0 Å². The summed E-state index contributed by atoms with van der Waals surface area (Å²) in [5, 5.41) is 5.20. The summed E-state index contributed by atoms with van der Waals surface area (Å²) in [6.45, 7) is 6.43. The predicted molar refractivity (Wildman–Crippen MR) is 55.8 cm³/mol. The van der Waals surface area contributed by atoms with E-state index < -0.39 is 0 Å². The SMILES string of the molecule is CNC(=O)CCNC(=O)CC(C)(C)C. The fourth-order valence-corrected chi connectivity index (χ4v) is 0.985. The Bertz CT molecular complexity index is 207. The van der Waals surface area contributed by atoms with Crippen LogP contribution in [0, 0.1) is 5.41 Å². The van der Waals surface area contributed by atoms with Gasteiger partial charge in [-0.3, -0.25) is 9.59 Å². The number of hydrogen-bond acceptors (Lipinski definition) is 2. The van der Waals surface area contributed by atoms with Crippen LogP contribution in [0.3, 0.4) is 0 Å². The molecule has 0 radical (unpaired) electrons. The van der Waals surface area contributed by atoms with Crippen LogP contribution in [0.25, 0.3) is 0 Å². The zero-order valence-corrected chi connectivity index (χ0v) is 9.44.